The van der Waals surface area contributed by atoms with Crippen molar-refractivity contribution in [2.24, 2.45) is 5.92 Å². The topological polar surface area (TPSA) is 28.7 Å². The molecule has 144 valence electrons. The molecule has 0 fully saturated rings. The van der Waals surface area contributed by atoms with Crippen molar-refractivity contribution in [2.75, 3.05) is 0 Å². The molecule has 2 nitrogen and oxygen atoms in total. The van der Waals surface area contributed by atoms with E-state index < -0.39 is 11.7 Å². The van der Waals surface area contributed by atoms with E-state index in [0.29, 0.717) is 35.3 Å². The van der Waals surface area contributed by atoms with Crippen molar-refractivity contribution in [1.82, 2.24) is 9.97 Å². The molecule has 1 aliphatic carbocycles. The largest absolute Gasteiger partial charge is 0.417 e. The van der Waals surface area contributed by atoms with E-state index in [-0.39, 0.29) is 17.3 Å². The summed E-state index contributed by atoms with van der Waals surface area (Å²) in [5.74, 6) is 0.841. The highest BCUT2D eigenvalue weighted by atomic mass is 19.4. The number of imidazole rings is 1. The summed E-state index contributed by atoms with van der Waals surface area (Å²) in [6.07, 6.45) is 2.93. The smallest absolute Gasteiger partial charge is 0.338 e. The molecule has 1 heterocycles. The number of alkyl halides is 3. The number of hydrogen-bond donors (Lipinski definition) is 1. The van der Waals surface area contributed by atoms with E-state index in [1.165, 1.54) is 12.1 Å². The third-order valence-electron chi connectivity index (χ3n) is 4.97. The van der Waals surface area contributed by atoms with Crippen LogP contribution in [0.1, 0.15) is 30.7 Å². The summed E-state index contributed by atoms with van der Waals surface area (Å²) >= 11 is 0. The Morgan fingerprint density at radius 1 is 1.11 bits per heavy atom. The number of nitrogens with one attached hydrogen (secondary N) is 1. The molecule has 0 amide bonds. The molecule has 1 unspecified atom stereocenters. The SMILES string of the molecule is FC1=CCC(/C=C/c2nc3ccc(-c4ccccc4C(F)(F)F)cc3[nH]2)CC1. The molecule has 2 aromatic carbocycles. The van der Waals surface area contributed by atoms with Gasteiger partial charge in [0, 0.05) is 0 Å². The zero-order valence-corrected chi connectivity index (χ0v) is 14.9. The van der Waals surface area contributed by atoms with Gasteiger partial charge in [0.15, 0.2) is 0 Å². The number of fused-ring (bicyclic) bond motifs is 1. The lowest BCUT2D eigenvalue weighted by molar-refractivity contribution is -0.137. The maximum atomic E-state index is 13.3. The number of halogens is 4. The normalized spacial score (nSPS) is 18.0. The van der Waals surface area contributed by atoms with Gasteiger partial charge in [0.1, 0.15) is 5.82 Å². The van der Waals surface area contributed by atoms with Gasteiger partial charge in [-0.25, -0.2) is 9.37 Å². The Morgan fingerprint density at radius 2 is 1.93 bits per heavy atom. The zero-order chi connectivity index (χ0) is 19.7. The lowest BCUT2D eigenvalue weighted by Crippen LogP contribution is -2.06. The molecule has 0 spiro atoms. The summed E-state index contributed by atoms with van der Waals surface area (Å²) in [5, 5.41) is 0. The van der Waals surface area contributed by atoms with Gasteiger partial charge in [0.05, 0.1) is 22.4 Å². The predicted molar refractivity (Wildman–Crippen MR) is 102 cm³/mol. The third-order valence-corrected chi connectivity index (χ3v) is 4.97. The van der Waals surface area contributed by atoms with Gasteiger partial charge in [-0.15, -0.1) is 0 Å². The van der Waals surface area contributed by atoms with Gasteiger partial charge in [-0.2, -0.15) is 13.2 Å². The van der Waals surface area contributed by atoms with E-state index in [4.69, 9.17) is 0 Å². The maximum absolute atomic E-state index is 13.3. The average molecular weight is 386 g/mol. The van der Waals surface area contributed by atoms with Crippen molar-refractivity contribution in [2.45, 2.75) is 25.4 Å². The molecule has 3 aromatic rings. The van der Waals surface area contributed by atoms with E-state index in [9.17, 15) is 17.6 Å². The van der Waals surface area contributed by atoms with Gasteiger partial charge in [0.25, 0.3) is 0 Å². The first kappa shape index (κ1) is 18.5. The van der Waals surface area contributed by atoms with Gasteiger partial charge >= 0.3 is 6.18 Å². The second-order valence-corrected chi connectivity index (χ2v) is 6.94. The highest BCUT2D eigenvalue weighted by Gasteiger charge is 2.33. The lowest BCUT2D eigenvalue weighted by Gasteiger charge is -2.14. The monoisotopic (exact) mass is 386 g/mol. The minimum absolute atomic E-state index is 0.0555. The van der Waals surface area contributed by atoms with E-state index in [1.807, 2.05) is 12.2 Å². The number of rotatable bonds is 3. The maximum Gasteiger partial charge on any atom is 0.417 e. The Hall–Kier alpha value is -2.89. The van der Waals surface area contributed by atoms with Crippen molar-refractivity contribution in [3.05, 3.63) is 71.8 Å². The molecule has 6 heteroatoms. The molecule has 0 bridgehead atoms. The second-order valence-electron chi connectivity index (χ2n) is 6.94. The molecule has 1 aliphatic rings. The fourth-order valence-electron chi connectivity index (χ4n) is 3.48. The van der Waals surface area contributed by atoms with Crippen LogP contribution < -0.4 is 0 Å². The number of allylic oxidation sites excluding steroid dienone is 3. The van der Waals surface area contributed by atoms with E-state index in [2.05, 4.69) is 9.97 Å². The highest BCUT2D eigenvalue weighted by Crippen LogP contribution is 2.37. The molecule has 0 saturated carbocycles. The first-order valence-electron chi connectivity index (χ1n) is 9.09. The first-order chi connectivity index (χ1) is 13.4. The quantitative estimate of drug-likeness (QED) is 0.487. The summed E-state index contributed by atoms with van der Waals surface area (Å²) in [6.45, 7) is 0. The van der Waals surface area contributed by atoms with E-state index >= 15 is 0 Å². The minimum Gasteiger partial charge on any atom is -0.338 e. The number of hydrogen-bond acceptors (Lipinski definition) is 1. The van der Waals surface area contributed by atoms with Crippen LogP contribution >= 0.6 is 0 Å². The molecule has 1 atom stereocenters. The fraction of sp³-hybridized carbons (Fsp3) is 0.227. The Balaban J connectivity index is 1.63. The number of aromatic amines is 1. The third kappa shape index (κ3) is 3.86. The van der Waals surface area contributed by atoms with Crippen molar-refractivity contribution in [3.8, 4) is 11.1 Å². The van der Waals surface area contributed by atoms with Crippen LogP contribution in [0, 0.1) is 5.92 Å². The molecular formula is C22H18F4N2. The molecule has 1 N–H and O–H groups in total. The van der Waals surface area contributed by atoms with Crippen molar-refractivity contribution < 1.29 is 17.6 Å². The molecule has 4 rings (SSSR count). The van der Waals surface area contributed by atoms with E-state index in [1.54, 1.807) is 30.3 Å². The van der Waals surface area contributed by atoms with Crippen molar-refractivity contribution in [3.63, 3.8) is 0 Å². The van der Waals surface area contributed by atoms with Crippen LogP contribution in [0.25, 0.3) is 28.2 Å². The summed E-state index contributed by atoms with van der Waals surface area (Å²) in [5.41, 5.74) is 1.31. The van der Waals surface area contributed by atoms with Crippen LogP contribution in [-0.4, -0.2) is 9.97 Å². The molecule has 0 saturated heterocycles. The van der Waals surface area contributed by atoms with Crippen molar-refractivity contribution >= 4 is 17.1 Å². The summed E-state index contributed by atoms with van der Waals surface area (Å²) in [6, 6.07) is 10.6. The number of benzene rings is 2. The van der Waals surface area contributed by atoms with Crippen LogP contribution in [0.2, 0.25) is 0 Å². The van der Waals surface area contributed by atoms with Gasteiger partial charge in [-0.1, -0.05) is 36.4 Å². The van der Waals surface area contributed by atoms with Gasteiger partial charge in [0.2, 0.25) is 0 Å². The van der Waals surface area contributed by atoms with Crippen LogP contribution in [0.4, 0.5) is 17.6 Å². The summed E-state index contributed by atoms with van der Waals surface area (Å²) < 4.78 is 53.0. The number of nitrogens with zero attached hydrogens (tertiary/aromatic N) is 1. The van der Waals surface area contributed by atoms with Crippen LogP contribution in [-0.2, 0) is 6.18 Å². The summed E-state index contributed by atoms with van der Waals surface area (Å²) in [7, 11) is 0. The number of H-pyrrole nitrogens is 1. The first-order valence-corrected chi connectivity index (χ1v) is 9.09. The zero-order valence-electron chi connectivity index (χ0n) is 14.9. The molecular weight excluding hydrogens is 368 g/mol. The van der Waals surface area contributed by atoms with E-state index in [0.717, 1.165) is 12.5 Å². The van der Waals surface area contributed by atoms with Crippen LogP contribution in [0.5, 0.6) is 0 Å². The van der Waals surface area contributed by atoms with Gasteiger partial charge < -0.3 is 4.98 Å². The van der Waals surface area contributed by atoms with Gasteiger partial charge in [-0.05, 0) is 60.6 Å². The Labute approximate surface area is 159 Å². The standard InChI is InChI=1S/C22H18F4N2/c23-16-9-5-14(6-10-16)7-12-21-27-19-11-8-15(13-20(19)28-21)17-3-1-2-4-18(17)22(24,25)26/h1-4,7-9,11-14H,5-6,10H2,(H,27,28)/b12-7+. The minimum atomic E-state index is -4.42. The Morgan fingerprint density at radius 3 is 2.68 bits per heavy atom. The van der Waals surface area contributed by atoms with Crippen molar-refractivity contribution in [1.29, 1.82) is 0 Å². The molecule has 0 radical (unpaired) electrons. The lowest BCUT2D eigenvalue weighted by atomic mass is 9.93. The van der Waals surface area contributed by atoms with Crippen LogP contribution in [0.15, 0.2) is 60.4 Å². The highest BCUT2D eigenvalue weighted by molar-refractivity contribution is 5.83. The molecule has 1 aromatic heterocycles. The average Bonchev–Trinajstić information content (AvgIpc) is 3.09. The number of aromatic nitrogens is 2. The Kier molecular flexibility index (Phi) is 4.79. The van der Waals surface area contributed by atoms with Crippen LogP contribution in [0.3, 0.4) is 0 Å². The Bertz CT molecular complexity index is 1060. The fourth-order valence-corrected chi connectivity index (χ4v) is 3.48. The predicted octanol–water partition coefficient (Wildman–Crippen LogP) is 6.92. The molecule has 28 heavy (non-hydrogen) atoms. The summed E-state index contributed by atoms with van der Waals surface area (Å²) in [4.78, 5) is 7.61. The second kappa shape index (κ2) is 7.26. The molecule has 0 aliphatic heterocycles. The van der Waals surface area contributed by atoms with Gasteiger partial charge in [-0.3, -0.25) is 0 Å².